The number of benzene rings is 2. The number of likely N-dealkylation sites (N-methyl/N-ethyl adjacent to an activating group) is 1. The molecule has 0 bridgehead atoms. The molecule has 4 aliphatic heterocycles. The molecule has 3 unspecified atom stereocenters. The number of halogens is 2. The highest BCUT2D eigenvalue weighted by Gasteiger charge is 2.60. The number of hydrogen-bond acceptors (Lipinski definition) is 12. The van der Waals surface area contributed by atoms with Gasteiger partial charge in [0.25, 0.3) is 17.4 Å². The molecule has 4 aromatic rings. The molecule has 3 saturated heterocycles. The van der Waals surface area contributed by atoms with Gasteiger partial charge in [-0.15, -0.1) is 0 Å². The second-order valence-corrected chi connectivity index (χ2v) is 19.1. The zero-order valence-electron chi connectivity index (χ0n) is 36.7. The maximum Gasteiger partial charge on any atom is 0.293 e. The number of hydrogen-bond donors (Lipinski definition) is 3. The van der Waals surface area contributed by atoms with E-state index in [4.69, 9.17) is 26.1 Å². The molecule has 0 radical (unpaired) electrons. The fourth-order valence-corrected chi connectivity index (χ4v) is 10.9. The standard InChI is InChI=1S/C47H53ClFN9O7/c1-25(2)58-36-7-4-28(16-26(36)17-38(45(58)63)64-24-40(60)50-3)52-42-35(48)21-51-46(54-42)55-13-10-30(11-14-55)65-31-18-29(19-31)56-15-12-47(20-27(47)22-56)34-6-5-32-33(41(34)49)23-57(44(32)62)37-8-9-39(59)53-43(37)61/h4-7,16-17,21,25,27,29-31,37H,8-15,18-20,22-24H2,1-3H3,(H,50,60)(H,51,52,54)(H,53,59,61). The molecular weight excluding hydrogens is 857 g/mol. The number of rotatable bonds is 12. The van der Waals surface area contributed by atoms with Crippen molar-refractivity contribution in [3.8, 4) is 5.75 Å². The Kier molecular flexibility index (Phi) is 11.3. The molecule has 5 fully saturated rings. The average molecular weight is 910 g/mol. The Morgan fingerprint density at radius 3 is 2.58 bits per heavy atom. The van der Waals surface area contributed by atoms with E-state index in [2.05, 4.69) is 30.7 Å². The molecule has 65 heavy (non-hydrogen) atoms. The molecule has 342 valence electrons. The lowest BCUT2D eigenvalue weighted by atomic mass is 9.82. The number of amides is 4. The maximum absolute atomic E-state index is 16.3. The van der Waals surface area contributed by atoms with Crippen molar-refractivity contribution in [2.24, 2.45) is 5.92 Å². The molecule has 6 heterocycles. The maximum atomic E-state index is 16.3. The normalized spacial score (nSPS) is 25.6. The van der Waals surface area contributed by atoms with Crippen LogP contribution in [-0.4, -0.2) is 112 Å². The van der Waals surface area contributed by atoms with Crippen molar-refractivity contribution >= 4 is 63.6 Å². The van der Waals surface area contributed by atoms with Gasteiger partial charge >= 0.3 is 0 Å². The van der Waals surface area contributed by atoms with Gasteiger partial charge < -0.3 is 34.5 Å². The van der Waals surface area contributed by atoms with Crippen molar-refractivity contribution < 1.29 is 33.0 Å². The van der Waals surface area contributed by atoms with Crippen LogP contribution in [0.25, 0.3) is 10.9 Å². The quantitative estimate of drug-likeness (QED) is 0.163. The molecule has 4 amide bonds. The van der Waals surface area contributed by atoms with Gasteiger partial charge in [-0.25, -0.2) is 9.37 Å². The monoisotopic (exact) mass is 909 g/mol. The minimum atomic E-state index is -0.767. The number of nitrogens with zero attached hydrogens (tertiary/aromatic N) is 6. The summed E-state index contributed by atoms with van der Waals surface area (Å²) in [5.74, 6) is -0.374. The van der Waals surface area contributed by atoms with Gasteiger partial charge in [-0.05, 0) is 107 Å². The highest BCUT2D eigenvalue weighted by Crippen LogP contribution is 2.61. The van der Waals surface area contributed by atoms with Crippen LogP contribution < -0.4 is 31.1 Å². The molecule has 0 spiro atoms. The summed E-state index contributed by atoms with van der Waals surface area (Å²) in [6.07, 6.45) is 7.81. The molecule has 6 aliphatic rings. The van der Waals surface area contributed by atoms with Crippen LogP contribution in [0.3, 0.4) is 0 Å². The second-order valence-electron chi connectivity index (χ2n) is 18.7. The lowest BCUT2D eigenvalue weighted by Crippen LogP contribution is -2.52. The first kappa shape index (κ1) is 43.3. The first-order chi connectivity index (χ1) is 31.3. The summed E-state index contributed by atoms with van der Waals surface area (Å²) in [6.45, 7) is 6.90. The minimum Gasteiger partial charge on any atom is -0.478 e. The molecule has 2 saturated carbocycles. The van der Waals surface area contributed by atoms with Crippen LogP contribution in [0.4, 0.5) is 21.8 Å². The zero-order chi connectivity index (χ0) is 45.3. The van der Waals surface area contributed by atoms with Gasteiger partial charge in [-0.1, -0.05) is 17.7 Å². The van der Waals surface area contributed by atoms with Gasteiger partial charge in [-0.3, -0.25) is 34.2 Å². The van der Waals surface area contributed by atoms with Gasteiger partial charge in [0.2, 0.25) is 17.8 Å². The summed E-state index contributed by atoms with van der Waals surface area (Å²) in [6, 6.07) is 10.3. The Labute approximate surface area is 380 Å². The Balaban J connectivity index is 0.707. The third-order valence-corrected chi connectivity index (χ3v) is 14.8. The summed E-state index contributed by atoms with van der Waals surface area (Å²) in [7, 11) is 1.51. The molecule has 10 rings (SSSR count). The van der Waals surface area contributed by atoms with Crippen LogP contribution in [0.5, 0.6) is 5.75 Å². The van der Waals surface area contributed by atoms with Crippen LogP contribution in [0.2, 0.25) is 5.02 Å². The van der Waals surface area contributed by atoms with Gasteiger partial charge in [0.05, 0.1) is 30.5 Å². The predicted octanol–water partition coefficient (Wildman–Crippen LogP) is 4.97. The van der Waals surface area contributed by atoms with E-state index in [9.17, 15) is 24.0 Å². The van der Waals surface area contributed by atoms with Crippen molar-refractivity contribution in [1.82, 2.24) is 35.0 Å². The van der Waals surface area contributed by atoms with Gasteiger partial charge in [0.1, 0.15) is 16.9 Å². The highest BCUT2D eigenvalue weighted by atomic mass is 35.5. The first-order valence-corrected chi connectivity index (χ1v) is 23.1. The second kappa shape index (κ2) is 17.0. The van der Waals surface area contributed by atoms with E-state index < -0.39 is 11.9 Å². The fraction of sp³-hybridized carbons (Fsp3) is 0.511. The zero-order valence-corrected chi connectivity index (χ0v) is 37.5. The molecule has 3 atom stereocenters. The van der Waals surface area contributed by atoms with Gasteiger partial charge in [-0.2, -0.15) is 4.98 Å². The third kappa shape index (κ3) is 7.98. The molecule has 16 nitrogen and oxygen atoms in total. The first-order valence-electron chi connectivity index (χ1n) is 22.7. The minimum absolute atomic E-state index is 0.0459. The number of pyridine rings is 1. The van der Waals surface area contributed by atoms with Crippen molar-refractivity contribution in [3.05, 3.63) is 80.5 Å². The van der Waals surface area contributed by atoms with Crippen molar-refractivity contribution in [3.63, 3.8) is 0 Å². The van der Waals surface area contributed by atoms with E-state index in [1.165, 1.54) is 11.9 Å². The number of ether oxygens (including phenoxy) is 2. The number of nitrogens with one attached hydrogen (secondary N) is 3. The van der Waals surface area contributed by atoms with Crippen LogP contribution in [0.1, 0.15) is 92.7 Å². The Morgan fingerprint density at radius 1 is 1.05 bits per heavy atom. The van der Waals surface area contributed by atoms with Crippen LogP contribution in [-0.2, 0) is 31.1 Å². The van der Waals surface area contributed by atoms with E-state index >= 15 is 4.39 Å². The summed E-state index contributed by atoms with van der Waals surface area (Å²) >= 11 is 6.60. The van der Waals surface area contributed by atoms with Crippen LogP contribution >= 0.6 is 11.6 Å². The number of carbonyl (C=O) groups excluding carboxylic acids is 4. The van der Waals surface area contributed by atoms with E-state index in [1.807, 2.05) is 32.0 Å². The van der Waals surface area contributed by atoms with Gasteiger partial charge in [0.15, 0.2) is 18.2 Å². The van der Waals surface area contributed by atoms with E-state index in [-0.39, 0.29) is 84.5 Å². The third-order valence-electron chi connectivity index (χ3n) is 14.6. The van der Waals surface area contributed by atoms with Crippen molar-refractivity contribution in [1.29, 1.82) is 0 Å². The average Bonchev–Trinajstić information content (AvgIpc) is 3.92. The lowest BCUT2D eigenvalue weighted by molar-refractivity contribution is -0.137. The molecule has 2 aliphatic carbocycles. The van der Waals surface area contributed by atoms with Crippen LogP contribution in [0.15, 0.2) is 47.4 Å². The number of anilines is 3. The Morgan fingerprint density at radius 2 is 1.85 bits per heavy atom. The van der Waals surface area contributed by atoms with Crippen molar-refractivity contribution in [2.45, 2.75) is 108 Å². The summed E-state index contributed by atoms with van der Waals surface area (Å²) in [4.78, 5) is 78.0. The Bertz CT molecular complexity index is 2670. The molecule has 2 aromatic heterocycles. The summed E-state index contributed by atoms with van der Waals surface area (Å²) in [5.41, 5.74) is 2.29. The number of likely N-dealkylation sites (tertiary alicyclic amines) is 1. The number of carbonyl (C=O) groups is 4. The summed E-state index contributed by atoms with van der Waals surface area (Å²) in [5, 5.41) is 9.25. The highest BCUT2D eigenvalue weighted by molar-refractivity contribution is 6.33. The SMILES string of the molecule is CNC(=O)COc1cc2cc(Nc3nc(N4CCC(OC5CC(N6CCC7(c8ccc9c(c8F)CN(C8CCC(=O)NC8=O)C9=O)CC7C6)C5)CC4)ncc3Cl)ccc2n(C(C)C)c1=O. The van der Waals surface area contributed by atoms with E-state index in [0.29, 0.717) is 51.1 Å². The number of fused-ring (bicyclic) bond motifs is 3. The fourth-order valence-electron chi connectivity index (χ4n) is 10.8. The smallest absolute Gasteiger partial charge is 0.293 e. The van der Waals surface area contributed by atoms with E-state index in [0.717, 1.165) is 75.6 Å². The largest absolute Gasteiger partial charge is 0.478 e. The van der Waals surface area contributed by atoms with Crippen LogP contribution in [0, 0.1) is 11.7 Å². The molecule has 3 N–H and O–H groups in total. The van der Waals surface area contributed by atoms with Gasteiger partial charge in [0, 0.05) is 72.8 Å². The number of piperidine rings is 3. The molecule has 18 heteroatoms. The molecule has 2 aromatic carbocycles. The topological polar surface area (TPSA) is 180 Å². The van der Waals surface area contributed by atoms with E-state index in [1.54, 1.807) is 29.0 Å². The van der Waals surface area contributed by atoms with Crippen molar-refractivity contribution in [2.75, 3.05) is 50.1 Å². The number of aromatic nitrogens is 3. The lowest BCUT2D eigenvalue weighted by Gasteiger charge is -2.47. The summed E-state index contributed by atoms with van der Waals surface area (Å²) < 4.78 is 30.2. The predicted molar refractivity (Wildman–Crippen MR) is 240 cm³/mol. The number of imide groups is 1. The molecular formula is C47H53ClFN9O7. The Hall–Kier alpha value is -5.65.